The standard InChI is InChI=1S/C13H17NO4.C10H13NO2/c1-3-16-13(15)14-9(2)6-10-4-5-11-12(7-10)18-8-17-11;1-7(11)4-8-2-3-9-10(5-8)13-6-12-9/h4-5,7,9H,3,6,8H2,1-2H3,(H,14,15);2-3,5,7H,4,6,11H2,1H3/i6D,8D2,9D;4D,6D2,7D. The quantitative estimate of drug-likeness (QED) is 0.713. The molecule has 8 nitrogen and oxygen atoms in total. The lowest BCUT2D eigenvalue weighted by Crippen LogP contribution is -2.34. The summed E-state index contributed by atoms with van der Waals surface area (Å²) in [6.07, 6.45) is -2.84. The Bertz CT molecular complexity index is 1210. The maximum atomic E-state index is 11.4. The molecule has 2 aliphatic heterocycles. The van der Waals surface area contributed by atoms with Crippen LogP contribution in [0.1, 0.15) is 42.9 Å². The minimum Gasteiger partial charge on any atom is -0.454 e. The lowest BCUT2D eigenvalue weighted by atomic mass is 10.1. The van der Waals surface area contributed by atoms with E-state index in [0.717, 1.165) is 0 Å². The number of benzene rings is 2. The number of nitrogens with one attached hydrogen (secondary N) is 1. The number of hydrogen-bond acceptors (Lipinski definition) is 7. The van der Waals surface area contributed by atoms with E-state index in [2.05, 4.69) is 5.32 Å². The second kappa shape index (κ2) is 10.8. The first kappa shape index (κ1) is 14.0. The van der Waals surface area contributed by atoms with Crippen molar-refractivity contribution < 1.29 is 39.4 Å². The van der Waals surface area contributed by atoms with Crippen LogP contribution in [0, 0.1) is 0 Å². The zero-order chi connectivity index (χ0) is 29.4. The molecule has 0 bridgehead atoms. The van der Waals surface area contributed by atoms with Crippen LogP contribution in [0.25, 0.3) is 0 Å². The first-order chi connectivity index (χ1) is 17.8. The molecule has 1 amide bonds. The molecule has 0 aliphatic carbocycles. The number of amides is 1. The van der Waals surface area contributed by atoms with Crippen LogP contribution in [0.15, 0.2) is 36.4 Å². The number of hydrogen-bond donors (Lipinski definition) is 2. The molecule has 0 fully saturated rings. The molecule has 0 saturated carbocycles. The van der Waals surface area contributed by atoms with Gasteiger partial charge >= 0.3 is 6.09 Å². The second-order valence-electron chi connectivity index (χ2n) is 6.55. The molecule has 8 heteroatoms. The predicted octanol–water partition coefficient (Wildman–Crippen LogP) is 3.40. The highest BCUT2D eigenvalue weighted by atomic mass is 16.7. The van der Waals surface area contributed by atoms with Crippen molar-refractivity contribution in [3.8, 4) is 23.0 Å². The number of alkyl carbamates (subject to hydrolysis) is 1. The van der Waals surface area contributed by atoms with Crippen LogP contribution in [0.2, 0.25) is 0 Å². The maximum Gasteiger partial charge on any atom is 0.407 e. The summed E-state index contributed by atoms with van der Waals surface area (Å²) in [6, 6.07) is 5.96. The molecular formula is C23H30N2O6. The second-order valence-corrected chi connectivity index (χ2v) is 6.55. The number of ether oxygens (including phenoxy) is 5. The van der Waals surface area contributed by atoms with Crippen molar-refractivity contribution in [1.82, 2.24) is 5.32 Å². The average molecular weight is 439 g/mol. The SMILES string of the molecule is [2H]C(c1ccc2c(c1)OC([2H])([2H])O2)C([2H])(C)N.[2H]C(c1ccc2c(c1)OC([2H])([2H])O2)C([2H])(C)NC(=O)OCC. The third-order valence-electron chi connectivity index (χ3n) is 3.89. The molecule has 0 aromatic heterocycles. The van der Waals surface area contributed by atoms with Crippen molar-refractivity contribution in [1.29, 1.82) is 0 Å². The van der Waals surface area contributed by atoms with E-state index in [1.54, 1.807) is 13.0 Å². The van der Waals surface area contributed by atoms with Crippen LogP contribution in [-0.2, 0) is 17.5 Å². The molecule has 0 radical (unpaired) electrons. The molecule has 4 unspecified atom stereocenters. The molecule has 4 rings (SSSR count). The first-order valence-electron chi connectivity index (χ1n) is 13.6. The zero-order valence-electron chi connectivity index (χ0n) is 25.4. The Morgan fingerprint density at radius 2 is 1.58 bits per heavy atom. The van der Waals surface area contributed by atoms with Crippen molar-refractivity contribution in [2.45, 2.75) is 45.6 Å². The van der Waals surface area contributed by atoms with Gasteiger partial charge in [0.25, 0.3) is 0 Å². The lowest BCUT2D eigenvalue weighted by Gasteiger charge is -2.13. The van der Waals surface area contributed by atoms with E-state index >= 15 is 0 Å². The van der Waals surface area contributed by atoms with E-state index in [-0.39, 0.29) is 29.6 Å². The summed E-state index contributed by atoms with van der Waals surface area (Å²) >= 11 is 0. The number of nitrogens with two attached hydrogens (primary N) is 1. The number of carbonyl (C=O) groups is 1. The van der Waals surface area contributed by atoms with Gasteiger partial charge in [0.1, 0.15) is 5.48 Å². The summed E-state index contributed by atoms with van der Waals surface area (Å²) in [4.78, 5) is 11.4. The van der Waals surface area contributed by atoms with Crippen LogP contribution >= 0.6 is 0 Å². The Labute approximate surface area is 193 Å². The van der Waals surface area contributed by atoms with Gasteiger partial charge in [-0.25, -0.2) is 4.79 Å². The fourth-order valence-electron chi connectivity index (χ4n) is 2.66. The Balaban J connectivity index is 0.000000223. The molecule has 0 spiro atoms. The normalized spacial score (nSPS) is 25.9. The Kier molecular flexibility index (Phi) is 4.87. The van der Waals surface area contributed by atoms with E-state index in [0.29, 0.717) is 11.1 Å². The van der Waals surface area contributed by atoms with E-state index < -0.39 is 44.4 Å². The van der Waals surface area contributed by atoms with Crippen LogP contribution in [0.3, 0.4) is 0 Å². The van der Waals surface area contributed by atoms with Gasteiger partial charge < -0.3 is 34.7 Å². The minimum absolute atomic E-state index is 0.159. The molecule has 2 aromatic rings. The van der Waals surface area contributed by atoms with Gasteiger partial charge in [-0.2, -0.15) is 0 Å². The molecule has 2 aromatic carbocycles. The summed E-state index contributed by atoms with van der Waals surface area (Å²) in [5.41, 5.74) is 6.42. The zero-order valence-corrected chi connectivity index (χ0v) is 17.4. The van der Waals surface area contributed by atoms with E-state index in [1.807, 2.05) is 0 Å². The molecule has 3 N–H and O–H groups in total. The average Bonchev–Trinajstić information content (AvgIpc) is 3.28. The van der Waals surface area contributed by atoms with Gasteiger partial charge in [-0.05, 0) is 69.0 Å². The Morgan fingerprint density at radius 3 is 2.10 bits per heavy atom. The summed E-state index contributed by atoms with van der Waals surface area (Å²) in [6.45, 7) is 0.214. The highest BCUT2D eigenvalue weighted by molar-refractivity contribution is 5.67. The number of carbonyl (C=O) groups excluding carboxylic acids is 1. The molecule has 2 aliphatic rings. The van der Waals surface area contributed by atoms with Gasteiger partial charge in [0.05, 0.1) is 7.98 Å². The predicted molar refractivity (Wildman–Crippen MR) is 116 cm³/mol. The van der Waals surface area contributed by atoms with Gasteiger partial charge in [0, 0.05) is 16.1 Å². The van der Waals surface area contributed by atoms with Gasteiger partial charge in [-0.15, -0.1) is 0 Å². The van der Waals surface area contributed by atoms with Gasteiger partial charge in [0.15, 0.2) is 23.0 Å². The topological polar surface area (TPSA) is 101 Å². The van der Waals surface area contributed by atoms with Gasteiger partial charge in [-0.3, -0.25) is 0 Å². The summed E-state index contributed by atoms with van der Waals surface area (Å²) in [5, 5.41) is 2.31. The van der Waals surface area contributed by atoms with Gasteiger partial charge in [0.2, 0.25) is 13.5 Å². The lowest BCUT2D eigenvalue weighted by molar-refractivity contribution is 0.149. The van der Waals surface area contributed by atoms with Crippen molar-refractivity contribution in [3.05, 3.63) is 47.5 Å². The van der Waals surface area contributed by atoms with Crippen LogP contribution in [-0.4, -0.2) is 38.2 Å². The van der Waals surface area contributed by atoms with E-state index in [9.17, 15) is 4.79 Å². The number of rotatable bonds is 6. The maximum absolute atomic E-state index is 11.4. The third-order valence-corrected chi connectivity index (χ3v) is 3.89. The summed E-state index contributed by atoms with van der Waals surface area (Å²) in [5.74, 6) is 0.904. The van der Waals surface area contributed by atoms with Crippen LogP contribution < -0.4 is 30.0 Å². The van der Waals surface area contributed by atoms with Crippen molar-refractivity contribution in [2.75, 3.05) is 20.1 Å². The first-order valence-corrected chi connectivity index (χ1v) is 9.46. The fraction of sp³-hybridized carbons (Fsp3) is 0.435. The van der Waals surface area contributed by atoms with E-state index in [1.165, 1.54) is 44.2 Å². The van der Waals surface area contributed by atoms with Gasteiger partial charge in [-0.1, -0.05) is 12.1 Å². The highest BCUT2D eigenvalue weighted by Crippen LogP contribution is 2.33. The highest BCUT2D eigenvalue weighted by Gasteiger charge is 2.15. The van der Waals surface area contributed by atoms with Crippen LogP contribution in [0.4, 0.5) is 4.79 Å². The summed E-state index contributed by atoms with van der Waals surface area (Å²) in [7, 11) is 0. The molecule has 31 heavy (non-hydrogen) atoms. The molecule has 168 valence electrons. The van der Waals surface area contributed by atoms with Crippen molar-refractivity contribution in [3.63, 3.8) is 0 Å². The third kappa shape index (κ3) is 6.68. The monoisotopic (exact) mass is 438 g/mol. The Morgan fingerprint density at radius 1 is 1.06 bits per heavy atom. The summed E-state index contributed by atoms with van der Waals surface area (Å²) < 4.78 is 85.4. The number of fused-ring (bicyclic) bond motifs is 2. The van der Waals surface area contributed by atoms with Crippen LogP contribution in [0.5, 0.6) is 23.0 Å². The Hall–Kier alpha value is -3.13. The van der Waals surface area contributed by atoms with Crippen molar-refractivity contribution in [2.24, 2.45) is 5.73 Å². The van der Waals surface area contributed by atoms with Crippen molar-refractivity contribution >= 4 is 6.09 Å². The van der Waals surface area contributed by atoms with E-state index in [4.69, 9.17) is 40.4 Å². The largest absolute Gasteiger partial charge is 0.454 e. The fourth-order valence-corrected chi connectivity index (χ4v) is 2.66. The molecule has 2 heterocycles. The molecule has 0 saturated heterocycles. The molecule has 4 atom stereocenters. The smallest absolute Gasteiger partial charge is 0.407 e. The minimum atomic E-state index is -2.24. The molecular weight excluding hydrogens is 400 g/mol.